The molecule has 2 heterocycles. The molecule has 13 nitrogen and oxygen atoms in total. The van der Waals surface area contributed by atoms with Crippen LogP contribution in [0.2, 0.25) is 0 Å². The molecule has 13 heteroatoms. The number of urea groups is 1. The van der Waals surface area contributed by atoms with Crippen molar-refractivity contribution < 1.29 is 23.9 Å². The number of amides is 2. The number of rotatable bonds is 7. The van der Waals surface area contributed by atoms with Crippen LogP contribution < -0.4 is 22.1 Å². The van der Waals surface area contributed by atoms with Crippen molar-refractivity contribution in [3.05, 3.63) is 28.2 Å². The van der Waals surface area contributed by atoms with E-state index in [-0.39, 0.29) is 30.8 Å². The van der Waals surface area contributed by atoms with E-state index < -0.39 is 30.0 Å². The van der Waals surface area contributed by atoms with E-state index in [1.54, 1.807) is 0 Å². The largest absolute Gasteiger partial charge is 0.434 e. The van der Waals surface area contributed by atoms with Crippen molar-refractivity contribution in [2.75, 3.05) is 6.61 Å². The van der Waals surface area contributed by atoms with Crippen LogP contribution in [0, 0.1) is 0 Å². The summed E-state index contributed by atoms with van der Waals surface area (Å²) in [5.41, 5.74) is 5.52. The van der Waals surface area contributed by atoms with Gasteiger partial charge in [-0.1, -0.05) is 5.16 Å². The first-order valence-corrected chi connectivity index (χ1v) is 6.87. The Morgan fingerprint density at radius 2 is 2.25 bits per heavy atom. The number of aliphatic hydroxyl groups excluding tert-OH is 2. The van der Waals surface area contributed by atoms with Crippen molar-refractivity contribution in [1.82, 2.24) is 31.0 Å². The number of H-pyrrole nitrogens is 1. The Balaban J connectivity index is 1.92. The zero-order valence-corrected chi connectivity index (χ0v) is 12.6. The maximum Gasteiger partial charge on any atom is 0.434 e. The summed E-state index contributed by atoms with van der Waals surface area (Å²) in [4.78, 5) is 26.7. The van der Waals surface area contributed by atoms with Crippen LogP contribution in [0.25, 0.3) is 0 Å². The van der Waals surface area contributed by atoms with Crippen LogP contribution >= 0.6 is 0 Å². The van der Waals surface area contributed by atoms with Gasteiger partial charge in [-0.15, -0.1) is 5.10 Å². The summed E-state index contributed by atoms with van der Waals surface area (Å²) in [5, 5.41) is 32.5. The third-order valence-corrected chi connectivity index (χ3v) is 2.90. The van der Waals surface area contributed by atoms with Crippen molar-refractivity contribution in [3.63, 3.8) is 0 Å². The molecular weight excluding hydrogens is 326 g/mol. The quantitative estimate of drug-likeness (QED) is 0.316. The average Bonchev–Trinajstić information content (AvgIpc) is 3.18. The number of carbonyl (C=O) groups is 1. The first kappa shape index (κ1) is 17.6. The van der Waals surface area contributed by atoms with E-state index in [9.17, 15) is 14.7 Å². The second kappa shape index (κ2) is 7.67. The normalized spacial score (nSPS) is 14.8. The number of nitrogens with one attached hydrogen (secondary N) is 3. The van der Waals surface area contributed by atoms with Crippen molar-refractivity contribution >= 4 is 6.03 Å². The number of hydrogen-bond acceptors (Lipinski definition) is 10. The number of carbonyl (C=O) groups excluding carboxylic acids is 1. The van der Waals surface area contributed by atoms with Crippen LogP contribution in [-0.4, -0.2) is 49.3 Å². The van der Waals surface area contributed by atoms with Gasteiger partial charge in [0.1, 0.15) is 6.04 Å². The number of aromatic amines is 1. The molecule has 0 radical (unpaired) electrons. The third kappa shape index (κ3) is 4.37. The Kier molecular flexibility index (Phi) is 5.62. The van der Waals surface area contributed by atoms with Crippen LogP contribution in [0.4, 0.5) is 4.79 Å². The lowest BCUT2D eigenvalue weighted by molar-refractivity contribution is 0.131. The lowest BCUT2D eigenvalue weighted by Gasteiger charge is -2.17. The minimum Gasteiger partial charge on any atom is -0.394 e. The Morgan fingerprint density at radius 1 is 1.50 bits per heavy atom. The van der Waals surface area contributed by atoms with E-state index in [2.05, 4.69) is 25.9 Å². The second-order valence-electron chi connectivity index (χ2n) is 4.83. The molecule has 0 aliphatic rings. The van der Waals surface area contributed by atoms with Crippen LogP contribution in [0.1, 0.15) is 36.6 Å². The van der Waals surface area contributed by atoms with Gasteiger partial charge in [-0.25, -0.2) is 14.7 Å². The monoisotopic (exact) mass is 343 g/mol. The van der Waals surface area contributed by atoms with Crippen LogP contribution in [0.15, 0.2) is 13.7 Å². The second-order valence-corrected chi connectivity index (χ2v) is 4.83. The van der Waals surface area contributed by atoms with Crippen molar-refractivity contribution in [2.24, 2.45) is 5.73 Å². The smallest absolute Gasteiger partial charge is 0.394 e. The van der Waals surface area contributed by atoms with Gasteiger partial charge in [0.15, 0.2) is 5.82 Å². The highest BCUT2D eigenvalue weighted by atomic mass is 16.5. The van der Waals surface area contributed by atoms with Gasteiger partial charge in [0.25, 0.3) is 0 Å². The molecule has 7 N–H and O–H groups in total. The van der Waals surface area contributed by atoms with Gasteiger partial charge >= 0.3 is 11.8 Å². The standard InChI is InChI=1S/C11H17N7O6/c1-4(20)7(9-16-17-11(22)23-9)15-10(21)13-2-6-14-8(18-24-6)5(12)3-19/h4-5,7,19-20H,2-3,12H2,1H3,(H,17,22)(H2,13,15,21). The van der Waals surface area contributed by atoms with Gasteiger partial charge in [0.2, 0.25) is 11.8 Å². The molecule has 2 aromatic rings. The van der Waals surface area contributed by atoms with Gasteiger partial charge in [-0.3, -0.25) is 0 Å². The molecule has 3 unspecified atom stereocenters. The summed E-state index contributed by atoms with van der Waals surface area (Å²) in [5.74, 6) is -0.797. The zero-order valence-electron chi connectivity index (χ0n) is 12.6. The molecule has 2 aromatic heterocycles. The molecule has 132 valence electrons. The predicted molar refractivity (Wildman–Crippen MR) is 75.2 cm³/mol. The first-order chi connectivity index (χ1) is 11.4. The number of nitrogens with two attached hydrogens (primary N) is 1. The van der Waals surface area contributed by atoms with E-state index in [0.29, 0.717) is 0 Å². The molecular formula is C11H17N7O6. The van der Waals surface area contributed by atoms with Gasteiger partial charge < -0.3 is 35.5 Å². The summed E-state index contributed by atoms with van der Waals surface area (Å²) >= 11 is 0. The summed E-state index contributed by atoms with van der Waals surface area (Å²) in [6, 6.07) is -2.51. The lowest BCUT2D eigenvalue weighted by atomic mass is 10.2. The molecule has 2 rings (SSSR count). The minimum absolute atomic E-state index is 0.0731. The summed E-state index contributed by atoms with van der Waals surface area (Å²) < 4.78 is 9.57. The van der Waals surface area contributed by atoms with E-state index in [0.717, 1.165) is 0 Å². The van der Waals surface area contributed by atoms with E-state index in [4.69, 9.17) is 19.8 Å². The number of nitrogens with zero attached hydrogens (tertiary/aromatic N) is 3. The molecule has 0 fully saturated rings. The van der Waals surface area contributed by atoms with Crippen molar-refractivity contribution in [1.29, 1.82) is 0 Å². The maximum atomic E-state index is 11.9. The first-order valence-electron chi connectivity index (χ1n) is 6.87. The van der Waals surface area contributed by atoms with Crippen LogP contribution in [-0.2, 0) is 6.54 Å². The minimum atomic E-state index is -1.07. The molecule has 0 aliphatic heterocycles. The van der Waals surface area contributed by atoms with E-state index >= 15 is 0 Å². The molecule has 24 heavy (non-hydrogen) atoms. The average molecular weight is 343 g/mol. The molecule has 0 aromatic carbocycles. The molecule has 0 saturated carbocycles. The summed E-state index contributed by atoms with van der Waals surface area (Å²) in [6.45, 7) is 0.923. The summed E-state index contributed by atoms with van der Waals surface area (Å²) in [7, 11) is 0. The molecule has 3 atom stereocenters. The van der Waals surface area contributed by atoms with Gasteiger partial charge in [-0.2, -0.15) is 4.98 Å². The highest BCUT2D eigenvalue weighted by Gasteiger charge is 2.25. The van der Waals surface area contributed by atoms with Gasteiger partial charge in [0.05, 0.1) is 25.3 Å². The SMILES string of the molecule is CC(O)C(NC(=O)NCc1nc(C(N)CO)no1)c1n[nH]c(=O)o1. The van der Waals surface area contributed by atoms with Crippen LogP contribution in [0.5, 0.6) is 0 Å². The van der Waals surface area contributed by atoms with Gasteiger partial charge in [0, 0.05) is 0 Å². The predicted octanol–water partition coefficient (Wildman–Crippen LogP) is -2.34. The Labute approximate surface area is 134 Å². The fourth-order valence-corrected chi connectivity index (χ4v) is 1.68. The Bertz CT molecular complexity index is 722. The van der Waals surface area contributed by atoms with Crippen molar-refractivity contribution in [3.8, 4) is 0 Å². The highest BCUT2D eigenvalue weighted by Crippen LogP contribution is 2.12. The third-order valence-electron chi connectivity index (χ3n) is 2.90. The molecule has 0 aliphatic carbocycles. The lowest BCUT2D eigenvalue weighted by Crippen LogP contribution is -2.41. The molecule has 2 amide bonds. The van der Waals surface area contributed by atoms with E-state index in [1.807, 2.05) is 5.10 Å². The highest BCUT2D eigenvalue weighted by molar-refractivity contribution is 5.74. The Hall–Kier alpha value is -2.77. The zero-order chi connectivity index (χ0) is 17.7. The number of hydrogen-bond donors (Lipinski definition) is 6. The molecule has 0 spiro atoms. The van der Waals surface area contributed by atoms with Crippen molar-refractivity contribution in [2.45, 2.75) is 31.7 Å². The van der Waals surface area contributed by atoms with Crippen LogP contribution in [0.3, 0.4) is 0 Å². The maximum absolute atomic E-state index is 11.9. The number of aromatic nitrogens is 4. The van der Waals surface area contributed by atoms with E-state index in [1.165, 1.54) is 6.92 Å². The molecule has 0 bridgehead atoms. The fourth-order valence-electron chi connectivity index (χ4n) is 1.68. The fraction of sp³-hybridized carbons (Fsp3) is 0.545. The van der Waals surface area contributed by atoms with Gasteiger partial charge in [-0.05, 0) is 6.92 Å². The summed E-state index contributed by atoms with van der Waals surface area (Å²) in [6.07, 6.45) is -1.07. The number of aliphatic hydroxyl groups is 2. The Morgan fingerprint density at radius 3 is 2.83 bits per heavy atom. The topological polar surface area (TPSA) is 205 Å². The molecule has 0 saturated heterocycles.